The van der Waals surface area contributed by atoms with Gasteiger partial charge in [0.05, 0.1) is 5.84 Å². The minimum atomic E-state index is 0.537. The second-order valence-corrected chi connectivity index (χ2v) is 5.41. The van der Waals surface area contributed by atoms with Gasteiger partial charge in [-0.25, -0.2) is 0 Å². The molecule has 0 aromatic heterocycles. The number of nitrogens with one attached hydrogen (secondary N) is 1. The third-order valence-electron chi connectivity index (χ3n) is 4.21. The van der Waals surface area contributed by atoms with Crippen molar-refractivity contribution in [1.82, 2.24) is 4.90 Å². The van der Waals surface area contributed by atoms with Gasteiger partial charge in [-0.2, -0.15) is 0 Å². The predicted octanol–water partition coefficient (Wildman–Crippen LogP) is 3.77. The quantitative estimate of drug-likeness (QED) is 0.571. The Balaban J connectivity index is 2.44. The Morgan fingerprint density at radius 2 is 1.62 bits per heavy atom. The molecule has 94 valence electrons. The van der Waals surface area contributed by atoms with Crippen LogP contribution in [0.25, 0.3) is 0 Å². The van der Waals surface area contributed by atoms with E-state index in [0.29, 0.717) is 5.92 Å². The van der Waals surface area contributed by atoms with Crippen LogP contribution in [0.15, 0.2) is 0 Å². The van der Waals surface area contributed by atoms with Gasteiger partial charge in [0.15, 0.2) is 0 Å². The highest BCUT2D eigenvalue weighted by Crippen LogP contribution is 2.34. The molecule has 0 atom stereocenters. The summed E-state index contributed by atoms with van der Waals surface area (Å²) in [6.07, 6.45) is 5.12. The first-order valence-corrected chi connectivity index (χ1v) is 6.93. The minimum Gasteiger partial charge on any atom is -0.361 e. The van der Waals surface area contributed by atoms with Gasteiger partial charge in [0.25, 0.3) is 0 Å². The lowest BCUT2D eigenvalue weighted by Crippen LogP contribution is -2.37. The molecule has 0 spiro atoms. The van der Waals surface area contributed by atoms with Crippen molar-refractivity contribution in [3.8, 4) is 0 Å². The summed E-state index contributed by atoms with van der Waals surface area (Å²) in [5, 5.41) is 8.24. The average Bonchev–Trinajstić information content (AvgIpc) is 2.30. The summed E-state index contributed by atoms with van der Waals surface area (Å²) in [5.74, 6) is 3.16. The van der Waals surface area contributed by atoms with Crippen molar-refractivity contribution in [3.05, 3.63) is 0 Å². The molecule has 1 rings (SSSR count). The van der Waals surface area contributed by atoms with Crippen LogP contribution in [-0.4, -0.2) is 23.8 Å². The summed E-state index contributed by atoms with van der Waals surface area (Å²) in [6.45, 7) is 10.9. The number of hydrogen-bond donors (Lipinski definition) is 1. The van der Waals surface area contributed by atoms with Gasteiger partial charge in [0.1, 0.15) is 0 Å². The predicted molar refractivity (Wildman–Crippen MR) is 70.9 cm³/mol. The lowest BCUT2D eigenvalue weighted by Gasteiger charge is -2.34. The fraction of sp³-hybridized carbons (Fsp3) is 0.929. The van der Waals surface area contributed by atoms with Gasteiger partial charge >= 0.3 is 0 Å². The summed E-state index contributed by atoms with van der Waals surface area (Å²) in [5.41, 5.74) is 0. The fourth-order valence-electron chi connectivity index (χ4n) is 2.88. The Morgan fingerprint density at radius 3 is 2.00 bits per heavy atom. The van der Waals surface area contributed by atoms with E-state index in [4.69, 9.17) is 5.41 Å². The molecular formula is C14H28N2. The molecule has 16 heavy (non-hydrogen) atoms. The van der Waals surface area contributed by atoms with E-state index in [1.165, 1.54) is 25.7 Å². The molecule has 0 radical (unpaired) electrons. The summed E-state index contributed by atoms with van der Waals surface area (Å²) >= 11 is 0. The molecule has 0 saturated heterocycles. The van der Waals surface area contributed by atoms with Gasteiger partial charge in [0, 0.05) is 19.0 Å². The molecule has 2 heteroatoms. The van der Waals surface area contributed by atoms with Gasteiger partial charge in [0.2, 0.25) is 0 Å². The van der Waals surface area contributed by atoms with Crippen molar-refractivity contribution in [2.75, 3.05) is 13.1 Å². The number of rotatable bonds is 4. The van der Waals surface area contributed by atoms with E-state index in [1.54, 1.807) is 0 Å². The zero-order valence-corrected chi connectivity index (χ0v) is 11.4. The molecule has 1 N–H and O–H groups in total. The van der Waals surface area contributed by atoms with Gasteiger partial charge in [-0.1, -0.05) is 13.8 Å². The van der Waals surface area contributed by atoms with Crippen LogP contribution >= 0.6 is 0 Å². The number of hydrogen-bond acceptors (Lipinski definition) is 1. The van der Waals surface area contributed by atoms with Crippen molar-refractivity contribution in [2.24, 2.45) is 17.8 Å². The van der Waals surface area contributed by atoms with Crippen LogP contribution in [0, 0.1) is 23.2 Å². The third kappa shape index (κ3) is 3.23. The molecular weight excluding hydrogens is 196 g/mol. The van der Waals surface area contributed by atoms with E-state index in [2.05, 4.69) is 32.6 Å². The van der Waals surface area contributed by atoms with Crippen LogP contribution in [0.3, 0.4) is 0 Å². The maximum atomic E-state index is 8.24. The Bertz CT molecular complexity index is 211. The molecule has 1 aliphatic rings. The van der Waals surface area contributed by atoms with Crippen molar-refractivity contribution in [2.45, 2.75) is 53.4 Å². The van der Waals surface area contributed by atoms with E-state index in [0.717, 1.165) is 30.8 Å². The molecule has 1 aliphatic carbocycles. The van der Waals surface area contributed by atoms with Crippen LogP contribution in [0.2, 0.25) is 0 Å². The van der Waals surface area contributed by atoms with Crippen LogP contribution in [0.4, 0.5) is 0 Å². The Morgan fingerprint density at radius 1 is 1.12 bits per heavy atom. The topological polar surface area (TPSA) is 27.1 Å². The highest BCUT2D eigenvalue weighted by atomic mass is 15.2. The lowest BCUT2D eigenvalue weighted by atomic mass is 9.76. The molecule has 0 unspecified atom stereocenters. The summed E-state index contributed by atoms with van der Waals surface area (Å²) in [7, 11) is 0. The van der Waals surface area contributed by atoms with Crippen LogP contribution < -0.4 is 0 Å². The lowest BCUT2D eigenvalue weighted by molar-refractivity contribution is 0.245. The van der Waals surface area contributed by atoms with Crippen LogP contribution in [-0.2, 0) is 0 Å². The van der Waals surface area contributed by atoms with E-state index < -0.39 is 0 Å². The van der Waals surface area contributed by atoms with Crippen molar-refractivity contribution in [1.29, 1.82) is 5.41 Å². The van der Waals surface area contributed by atoms with E-state index in [1.807, 2.05) is 0 Å². The average molecular weight is 224 g/mol. The second kappa shape index (κ2) is 6.27. The Labute approximate surface area is 101 Å². The first kappa shape index (κ1) is 13.5. The standard InChI is InChI=1S/C14H28N2/c1-5-16(6-2)14(15)13-9-7-12(8-10-13)11(3)4/h11-13,15H,5-10H2,1-4H3. The molecule has 1 saturated carbocycles. The summed E-state index contributed by atoms with van der Waals surface area (Å²) in [4.78, 5) is 2.21. The molecule has 0 aromatic carbocycles. The normalized spacial score (nSPS) is 25.8. The van der Waals surface area contributed by atoms with Gasteiger partial charge < -0.3 is 4.90 Å². The van der Waals surface area contributed by atoms with E-state index in [-0.39, 0.29) is 0 Å². The largest absolute Gasteiger partial charge is 0.361 e. The molecule has 0 bridgehead atoms. The number of nitrogens with zero attached hydrogens (tertiary/aromatic N) is 1. The Hall–Kier alpha value is -0.530. The third-order valence-corrected chi connectivity index (χ3v) is 4.21. The summed E-state index contributed by atoms with van der Waals surface area (Å²) in [6, 6.07) is 0. The van der Waals surface area contributed by atoms with Crippen molar-refractivity contribution in [3.63, 3.8) is 0 Å². The first-order chi connectivity index (χ1) is 7.60. The highest BCUT2D eigenvalue weighted by Gasteiger charge is 2.27. The monoisotopic (exact) mass is 224 g/mol. The zero-order chi connectivity index (χ0) is 12.1. The van der Waals surface area contributed by atoms with Gasteiger partial charge in [-0.15, -0.1) is 0 Å². The summed E-state index contributed by atoms with van der Waals surface area (Å²) < 4.78 is 0. The first-order valence-electron chi connectivity index (χ1n) is 6.93. The molecule has 0 aliphatic heterocycles. The van der Waals surface area contributed by atoms with Gasteiger partial charge in [-0.3, -0.25) is 5.41 Å². The molecule has 0 heterocycles. The second-order valence-electron chi connectivity index (χ2n) is 5.41. The number of amidine groups is 1. The molecule has 0 amide bonds. The SMILES string of the molecule is CCN(CC)C(=N)C1CCC(C(C)C)CC1. The highest BCUT2D eigenvalue weighted by molar-refractivity contribution is 5.81. The maximum Gasteiger partial charge on any atom is 0.0989 e. The van der Waals surface area contributed by atoms with Crippen LogP contribution in [0.5, 0.6) is 0 Å². The molecule has 0 aromatic rings. The zero-order valence-electron chi connectivity index (χ0n) is 11.4. The Kier molecular flexibility index (Phi) is 5.30. The smallest absolute Gasteiger partial charge is 0.0989 e. The van der Waals surface area contributed by atoms with Crippen molar-refractivity contribution >= 4 is 5.84 Å². The van der Waals surface area contributed by atoms with E-state index >= 15 is 0 Å². The minimum absolute atomic E-state index is 0.537. The van der Waals surface area contributed by atoms with Crippen LogP contribution in [0.1, 0.15) is 53.4 Å². The van der Waals surface area contributed by atoms with E-state index in [9.17, 15) is 0 Å². The van der Waals surface area contributed by atoms with Gasteiger partial charge in [-0.05, 0) is 51.4 Å². The fourth-order valence-corrected chi connectivity index (χ4v) is 2.88. The molecule has 1 fully saturated rings. The molecule has 2 nitrogen and oxygen atoms in total. The van der Waals surface area contributed by atoms with Crippen molar-refractivity contribution < 1.29 is 0 Å². The maximum absolute atomic E-state index is 8.24.